The summed E-state index contributed by atoms with van der Waals surface area (Å²) in [6, 6.07) is 15.6. The van der Waals surface area contributed by atoms with Crippen molar-refractivity contribution in [3.8, 4) is 5.75 Å². The van der Waals surface area contributed by atoms with E-state index in [1.54, 1.807) is 24.3 Å². The third kappa shape index (κ3) is 6.02. The van der Waals surface area contributed by atoms with Crippen LogP contribution in [0.3, 0.4) is 0 Å². The molecule has 0 saturated carbocycles. The summed E-state index contributed by atoms with van der Waals surface area (Å²) in [4.78, 5) is 39.8. The standard InChI is InChI=1S/C28H36N2O5/c1-6-8-18-28(7-2)24(32)30(26(33)29-19-20-12-10-9-11-13-20)25(28)34-22-16-14-21(15-17-22)23(31)35-27(3,4)5/h9-17,25H,6-8,18-19H2,1-5H3,(H,29,33)/t25-,28+/m0/s1. The first-order valence-corrected chi connectivity index (χ1v) is 12.3. The van der Waals surface area contributed by atoms with Crippen molar-refractivity contribution in [2.45, 2.75) is 78.7 Å². The van der Waals surface area contributed by atoms with Crippen LogP contribution in [0, 0.1) is 5.41 Å². The molecule has 1 aliphatic heterocycles. The first kappa shape index (κ1) is 26.3. The van der Waals surface area contributed by atoms with Crippen molar-refractivity contribution in [3.05, 3.63) is 65.7 Å². The van der Waals surface area contributed by atoms with Gasteiger partial charge in [-0.15, -0.1) is 0 Å². The Morgan fingerprint density at radius 1 is 1.03 bits per heavy atom. The first-order valence-electron chi connectivity index (χ1n) is 12.3. The minimum atomic E-state index is -0.760. The van der Waals surface area contributed by atoms with Crippen LogP contribution in [0.15, 0.2) is 54.6 Å². The predicted octanol–water partition coefficient (Wildman–Crippen LogP) is 5.69. The minimum absolute atomic E-state index is 0.214. The minimum Gasteiger partial charge on any atom is -0.469 e. The molecule has 1 N–H and O–H groups in total. The van der Waals surface area contributed by atoms with Gasteiger partial charge in [0, 0.05) is 6.54 Å². The van der Waals surface area contributed by atoms with Gasteiger partial charge in [-0.1, -0.05) is 57.0 Å². The van der Waals surface area contributed by atoms with E-state index >= 15 is 0 Å². The monoisotopic (exact) mass is 480 g/mol. The van der Waals surface area contributed by atoms with E-state index in [4.69, 9.17) is 9.47 Å². The highest BCUT2D eigenvalue weighted by molar-refractivity contribution is 6.03. The summed E-state index contributed by atoms with van der Waals surface area (Å²) < 4.78 is 11.7. The molecule has 3 amide bonds. The van der Waals surface area contributed by atoms with Gasteiger partial charge >= 0.3 is 12.0 Å². The summed E-state index contributed by atoms with van der Waals surface area (Å²) >= 11 is 0. The second-order valence-corrected chi connectivity index (χ2v) is 9.93. The molecule has 0 bridgehead atoms. The number of hydrogen-bond donors (Lipinski definition) is 1. The van der Waals surface area contributed by atoms with Gasteiger partial charge in [0.1, 0.15) is 16.8 Å². The van der Waals surface area contributed by atoms with Crippen LogP contribution >= 0.6 is 0 Å². The largest absolute Gasteiger partial charge is 0.469 e. The average molecular weight is 481 g/mol. The molecule has 1 saturated heterocycles. The molecule has 3 rings (SSSR count). The molecule has 7 heteroatoms. The number of unbranched alkanes of at least 4 members (excludes halogenated alkanes) is 1. The topological polar surface area (TPSA) is 84.9 Å². The van der Waals surface area contributed by atoms with Crippen LogP contribution in [0.2, 0.25) is 0 Å². The number of β-lactam (4-membered cyclic amide) rings is 1. The Morgan fingerprint density at radius 3 is 2.26 bits per heavy atom. The number of rotatable bonds is 9. The molecule has 1 fully saturated rings. The Balaban J connectivity index is 1.77. The molecule has 2 aromatic rings. The highest BCUT2D eigenvalue weighted by atomic mass is 16.6. The quantitative estimate of drug-likeness (QED) is 0.368. The van der Waals surface area contributed by atoms with Gasteiger partial charge in [0.05, 0.1) is 5.56 Å². The molecule has 35 heavy (non-hydrogen) atoms. The SMILES string of the molecule is CCCC[C@]1(CC)C(=O)N(C(=O)NCc2ccccc2)[C@H]1Oc1ccc(C(=O)OC(C)(C)C)cc1. The van der Waals surface area contributed by atoms with Crippen molar-refractivity contribution in [2.24, 2.45) is 5.41 Å². The van der Waals surface area contributed by atoms with Crippen LogP contribution in [0.25, 0.3) is 0 Å². The molecule has 0 aliphatic carbocycles. The molecule has 0 unspecified atom stereocenters. The number of urea groups is 1. The zero-order valence-corrected chi connectivity index (χ0v) is 21.3. The third-order valence-electron chi connectivity index (χ3n) is 6.20. The van der Waals surface area contributed by atoms with Crippen LogP contribution in [-0.2, 0) is 16.1 Å². The Hall–Kier alpha value is -3.35. The van der Waals surface area contributed by atoms with Crippen molar-refractivity contribution in [1.82, 2.24) is 10.2 Å². The molecule has 1 heterocycles. The fraction of sp³-hybridized carbons (Fsp3) is 0.464. The lowest BCUT2D eigenvalue weighted by molar-refractivity contribution is -0.191. The van der Waals surface area contributed by atoms with E-state index in [1.807, 2.05) is 58.0 Å². The summed E-state index contributed by atoms with van der Waals surface area (Å²) in [7, 11) is 0. The number of carbonyl (C=O) groups excluding carboxylic acids is 3. The van der Waals surface area contributed by atoms with Crippen molar-refractivity contribution in [3.63, 3.8) is 0 Å². The lowest BCUT2D eigenvalue weighted by atomic mass is 9.70. The van der Waals surface area contributed by atoms with E-state index in [-0.39, 0.29) is 5.91 Å². The van der Waals surface area contributed by atoms with Gasteiger partial charge in [-0.2, -0.15) is 0 Å². The van der Waals surface area contributed by atoms with Crippen molar-refractivity contribution >= 4 is 17.9 Å². The Morgan fingerprint density at radius 2 is 1.69 bits per heavy atom. The number of esters is 1. The maximum atomic E-state index is 13.3. The van der Waals surface area contributed by atoms with Gasteiger partial charge in [0.2, 0.25) is 5.91 Å². The number of amides is 3. The fourth-order valence-electron chi connectivity index (χ4n) is 4.22. The zero-order valence-electron chi connectivity index (χ0n) is 21.3. The van der Waals surface area contributed by atoms with E-state index in [9.17, 15) is 14.4 Å². The summed E-state index contributed by atoms with van der Waals surface area (Å²) in [6.07, 6.45) is 2.27. The zero-order chi connectivity index (χ0) is 25.6. The molecule has 0 aromatic heterocycles. The van der Waals surface area contributed by atoms with E-state index in [0.717, 1.165) is 18.4 Å². The third-order valence-corrected chi connectivity index (χ3v) is 6.20. The van der Waals surface area contributed by atoms with Crippen LogP contribution in [-0.4, -0.2) is 34.6 Å². The number of likely N-dealkylation sites (tertiary alicyclic amines) is 1. The van der Waals surface area contributed by atoms with Crippen molar-refractivity contribution in [2.75, 3.05) is 0 Å². The highest BCUT2D eigenvalue weighted by Crippen LogP contribution is 2.47. The summed E-state index contributed by atoms with van der Waals surface area (Å²) in [5.41, 5.74) is -0.00487. The Bertz CT molecular complexity index is 1030. The Labute approximate surface area is 207 Å². The van der Waals surface area contributed by atoms with Gasteiger partial charge in [-0.25, -0.2) is 14.5 Å². The molecular formula is C28H36N2O5. The fourth-order valence-corrected chi connectivity index (χ4v) is 4.22. The number of carbonyl (C=O) groups is 3. The molecule has 7 nitrogen and oxygen atoms in total. The Kier molecular flexibility index (Phi) is 8.20. The van der Waals surface area contributed by atoms with E-state index in [2.05, 4.69) is 12.2 Å². The molecule has 188 valence electrons. The van der Waals surface area contributed by atoms with Crippen molar-refractivity contribution < 1.29 is 23.9 Å². The van der Waals surface area contributed by atoms with Gasteiger partial charge in [-0.05, 0) is 63.4 Å². The normalized spacial score (nSPS) is 19.6. The van der Waals surface area contributed by atoms with Crippen molar-refractivity contribution in [1.29, 1.82) is 0 Å². The molecule has 0 radical (unpaired) electrons. The second kappa shape index (κ2) is 10.9. The number of nitrogens with zero attached hydrogens (tertiary/aromatic N) is 1. The molecule has 0 spiro atoms. The lowest BCUT2D eigenvalue weighted by Crippen LogP contribution is -2.73. The number of nitrogens with one attached hydrogen (secondary N) is 1. The molecular weight excluding hydrogens is 444 g/mol. The summed E-state index contributed by atoms with van der Waals surface area (Å²) in [5, 5.41) is 2.84. The van der Waals surface area contributed by atoms with Crippen LogP contribution in [0.4, 0.5) is 4.79 Å². The summed E-state index contributed by atoms with van der Waals surface area (Å²) in [5.74, 6) is -0.157. The maximum absolute atomic E-state index is 13.3. The average Bonchev–Trinajstić information content (AvgIpc) is 2.83. The first-order chi connectivity index (χ1) is 16.6. The lowest BCUT2D eigenvalue weighted by Gasteiger charge is -2.53. The second-order valence-electron chi connectivity index (χ2n) is 9.93. The van der Waals surface area contributed by atoms with E-state index < -0.39 is 29.2 Å². The van der Waals surface area contributed by atoms with Gasteiger partial charge < -0.3 is 14.8 Å². The van der Waals surface area contributed by atoms with Gasteiger partial charge in [0.25, 0.3) is 0 Å². The molecule has 2 aromatic carbocycles. The highest BCUT2D eigenvalue weighted by Gasteiger charge is 2.63. The molecule has 1 aliphatic rings. The number of imide groups is 1. The maximum Gasteiger partial charge on any atom is 0.338 e. The van der Waals surface area contributed by atoms with Gasteiger partial charge in [0.15, 0.2) is 6.23 Å². The van der Waals surface area contributed by atoms with Gasteiger partial charge in [-0.3, -0.25) is 4.79 Å². The number of benzene rings is 2. The van der Waals surface area contributed by atoms with Crippen LogP contribution in [0.5, 0.6) is 5.75 Å². The van der Waals surface area contributed by atoms with Crippen LogP contribution < -0.4 is 10.1 Å². The predicted molar refractivity (Wildman–Crippen MR) is 134 cm³/mol. The number of ether oxygens (including phenoxy) is 2. The van der Waals surface area contributed by atoms with Crippen LogP contribution in [0.1, 0.15) is 76.2 Å². The summed E-state index contributed by atoms with van der Waals surface area (Å²) in [6.45, 7) is 9.78. The number of hydrogen-bond acceptors (Lipinski definition) is 5. The smallest absolute Gasteiger partial charge is 0.338 e. The molecule has 2 atom stereocenters. The van der Waals surface area contributed by atoms with E-state index in [1.165, 1.54) is 4.90 Å². The van der Waals surface area contributed by atoms with E-state index in [0.29, 0.717) is 30.7 Å².